The second-order valence-electron chi connectivity index (χ2n) is 7.81. The van der Waals surface area contributed by atoms with Crippen molar-refractivity contribution in [2.24, 2.45) is 18.9 Å². The summed E-state index contributed by atoms with van der Waals surface area (Å²) in [6.07, 6.45) is 2.15. The Hall–Kier alpha value is -1.54. The van der Waals surface area contributed by atoms with Gasteiger partial charge in [0.25, 0.3) is 12.3 Å². The van der Waals surface area contributed by atoms with Crippen molar-refractivity contribution in [2.45, 2.75) is 31.8 Å². The monoisotopic (exact) mass is 368 g/mol. The van der Waals surface area contributed by atoms with E-state index in [-0.39, 0.29) is 17.6 Å². The molecule has 2 atom stereocenters. The van der Waals surface area contributed by atoms with E-state index in [1.807, 2.05) is 0 Å². The number of aryl methyl sites for hydroxylation is 1. The molecule has 2 aliphatic heterocycles. The molecule has 0 radical (unpaired) electrons. The van der Waals surface area contributed by atoms with Gasteiger partial charge in [0.15, 0.2) is 0 Å². The Kier molecular flexibility index (Phi) is 4.96. The Morgan fingerprint density at radius 3 is 2.85 bits per heavy atom. The molecule has 0 aromatic carbocycles. The van der Waals surface area contributed by atoms with Crippen LogP contribution in [0.2, 0.25) is 0 Å². The van der Waals surface area contributed by atoms with E-state index >= 15 is 0 Å². The molecule has 6 nitrogen and oxygen atoms in total. The fraction of sp³-hybridized carbons (Fsp3) is 0.778. The molecule has 144 valence electrons. The van der Waals surface area contributed by atoms with Crippen molar-refractivity contribution in [3.63, 3.8) is 0 Å². The van der Waals surface area contributed by atoms with Crippen molar-refractivity contribution in [2.75, 3.05) is 39.3 Å². The summed E-state index contributed by atoms with van der Waals surface area (Å²) in [7, 11) is 1.55. The molecule has 1 aliphatic carbocycles. The number of alkyl halides is 2. The van der Waals surface area contributed by atoms with Gasteiger partial charge >= 0.3 is 0 Å². The van der Waals surface area contributed by atoms with E-state index in [2.05, 4.69) is 10.00 Å². The van der Waals surface area contributed by atoms with Crippen molar-refractivity contribution in [3.05, 3.63) is 17.5 Å². The number of carbonyl (C=O) groups excluding carboxylic acids is 1. The number of rotatable bonds is 4. The lowest BCUT2D eigenvalue weighted by Gasteiger charge is -2.38. The molecule has 0 spiro atoms. The fourth-order valence-electron chi connectivity index (χ4n) is 4.14. The summed E-state index contributed by atoms with van der Waals surface area (Å²) in [5.41, 5.74) is -0.429. The van der Waals surface area contributed by atoms with Gasteiger partial charge in [0.05, 0.1) is 18.3 Å². The summed E-state index contributed by atoms with van der Waals surface area (Å²) in [4.78, 5) is 16.9. The first-order valence-electron chi connectivity index (χ1n) is 9.46. The van der Waals surface area contributed by atoms with Crippen LogP contribution in [-0.4, -0.2) is 70.9 Å². The average Bonchev–Trinajstić information content (AvgIpc) is 3.37. The Bertz CT molecular complexity index is 662. The maximum absolute atomic E-state index is 13.2. The van der Waals surface area contributed by atoms with Crippen LogP contribution in [0.1, 0.15) is 41.7 Å². The first-order valence-corrected chi connectivity index (χ1v) is 9.46. The molecule has 4 rings (SSSR count). The van der Waals surface area contributed by atoms with E-state index in [9.17, 15) is 13.6 Å². The third-order valence-electron chi connectivity index (χ3n) is 5.72. The molecule has 26 heavy (non-hydrogen) atoms. The highest BCUT2D eigenvalue weighted by molar-refractivity contribution is 5.95. The maximum Gasteiger partial charge on any atom is 0.282 e. The quantitative estimate of drug-likeness (QED) is 0.815. The summed E-state index contributed by atoms with van der Waals surface area (Å²) < 4.78 is 33.6. The van der Waals surface area contributed by atoms with Crippen LogP contribution in [-0.2, 0) is 11.8 Å². The minimum Gasteiger partial charge on any atom is -0.375 e. The van der Waals surface area contributed by atoms with Crippen molar-refractivity contribution < 1.29 is 18.3 Å². The summed E-state index contributed by atoms with van der Waals surface area (Å²) in [6.45, 7) is 4.83. The van der Waals surface area contributed by atoms with E-state index in [0.717, 1.165) is 32.0 Å². The van der Waals surface area contributed by atoms with Gasteiger partial charge in [0, 0.05) is 51.9 Å². The third-order valence-corrected chi connectivity index (χ3v) is 5.72. The number of nitrogens with zero attached hydrogens (tertiary/aromatic N) is 4. The number of hydrogen-bond acceptors (Lipinski definition) is 4. The average molecular weight is 368 g/mol. The zero-order chi connectivity index (χ0) is 18.3. The van der Waals surface area contributed by atoms with Gasteiger partial charge in [-0.15, -0.1) is 0 Å². The molecule has 0 bridgehead atoms. The zero-order valence-electron chi connectivity index (χ0n) is 15.1. The van der Waals surface area contributed by atoms with Crippen molar-refractivity contribution in [1.82, 2.24) is 19.6 Å². The molecule has 1 saturated carbocycles. The first kappa shape index (κ1) is 17.9. The van der Waals surface area contributed by atoms with Crippen LogP contribution in [0.4, 0.5) is 8.78 Å². The van der Waals surface area contributed by atoms with Gasteiger partial charge in [0.1, 0.15) is 5.69 Å². The normalized spacial score (nSPS) is 27.5. The standard InChI is InChI=1S/C18H26F2N4O2/c1-22-10-14(16(21-22)17(19)20)18(25)24-5-4-13-9-23(8-12-2-3-12)6-7-26-15(13)11-24/h10,12-13,15,17H,2-9,11H2,1H3/t13-,15-/m1/s1. The predicted molar refractivity (Wildman–Crippen MR) is 91.1 cm³/mol. The highest BCUT2D eigenvalue weighted by atomic mass is 19.3. The van der Waals surface area contributed by atoms with Crippen molar-refractivity contribution in [1.29, 1.82) is 0 Å². The molecule has 2 saturated heterocycles. The van der Waals surface area contributed by atoms with Gasteiger partial charge in [-0.2, -0.15) is 5.10 Å². The highest BCUT2D eigenvalue weighted by Gasteiger charge is 2.37. The number of halogens is 2. The second-order valence-corrected chi connectivity index (χ2v) is 7.81. The molecule has 1 aromatic rings. The minimum absolute atomic E-state index is 0.00457. The van der Waals surface area contributed by atoms with E-state index < -0.39 is 12.1 Å². The number of amides is 1. The lowest BCUT2D eigenvalue weighted by atomic mass is 9.92. The van der Waals surface area contributed by atoms with Gasteiger partial charge in [0.2, 0.25) is 0 Å². The SMILES string of the molecule is Cn1cc(C(=O)N2CC[C@@H]3CN(CC4CC4)CCO[C@@H]3C2)c(C(F)F)n1. The molecule has 1 aromatic heterocycles. The molecule has 3 fully saturated rings. The summed E-state index contributed by atoms with van der Waals surface area (Å²) >= 11 is 0. The number of likely N-dealkylation sites (tertiary alicyclic amines) is 1. The number of hydrogen-bond donors (Lipinski definition) is 0. The van der Waals surface area contributed by atoms with Crippen LogP contribution in [0.25, 0.3) is 0 Å². The van der Waals surface area contributed by atoms with E-state index in [1.165, 1.54) is 23.7 Å². The predicted octanol–water partition coefficient (Wildman–Crippen LogP) is 1.93. The largest absolute Gasteiger partial charge is 0.375 e. The molecule has 8 heteroatoms. The van der Waals surface area contributed by atoms with Crippen LogP contribution in [0.15, 0.2) is 6.20 Å². The number of ether oxygens (including phenoxy) is 1. The van der Waals surface area contributed by atoms with E-state index in [4.69, 9.17) is 4.74 Å². The zero-order valence-corrected chi connectivity index (χ0v) is 15.1. The summed E-state index contributed by atoms with van der Waals surface area (Å²) in [6, 6.07) is 0. The molecule has 3 aliphatic rings. The summed E-state index contributed by atoms with van der Waals surface area (Å²) in [5.74, 6) is 0.893. The van der Waals surface area contributed by atoms with Gasteiger partial charge in [-0.25, -0.2) is 8.78 Å². The molecule has 0 unspecified atom stereocenters. The Labute approximate surface area is 152 Å². The topological polar surface area (TPSA) is 50.6 Å². The number of fused-ring (bicyclic) bond motifs is 1. The fourth-order valence-corrected chi connectivity index (χ4v) is 4.14. The minimum atomic E-state index is -2.75. The second kappa shape index (κ2) is 7.23. The Morgan fingerprint density at radius 1 is 1.31 bits per heavy atom. The number of carbonyl (C=O) groups is 1. The molecule has 0 N–H and O–H groups in total. The van der Waals surface area contributed by atoms with Gasteiger partial charge in [-0.1, -0.05) is 0 Å². The summed E-state index contributed by atoms with van der Waals surface area (Å²) in [5, 5.41) is 3.75. The van der Waals surface area contributed by atoms with Crippen LogP contribution in [0, 0.1) is 11.8 Å². The van der Waals surface area contributed by atoms with Crippen LogP contribution in [0.5, 0.6) is 0 Å². The number of piperidine rings is 1. The number of aromatic nitrogens is 2. The van der Waals surface area contributed by atoms with Crippen molar-refractivity contribution in [3.8, 4) is 0 Å². The lowest BCUT2D eigenvalue weighted by Crippen LogP contribution is -2.49. The first-order chi connectivity index (χ1) is 12.5. The van der Waals surface area contributed by atoms with Crippen molar-refractivity contribution >= 4 is 5.91 Å². The smallest absolute Gasteiger partial charge is 0.282 e. The third kappa shape index (κ3) is 3.76. The highest BCUT2D eigenvalue weighted by Crippen LogP contribution is 2.32. The van der Waals surface area contributed by atoms with Gasteiger partial charge in [-0.05, 0) is 25.2 Å². The Morgan fingerprint density at radius 2 is 2.12 bits per heavy atom. The van der Waals surface area contributed by atoms with Crippen LogP contribution in [0.3, 0.4) is 0 Å². The molecule has 3 heterocycles. The Balaban J connectivity index is 1.42. The maximum atomic E-state index is 13.2. The van der Waals surface area contributed by atoms with Crippen LogP contribution < -0.4 is 0 Å². The molecular weight excluding hydrogens is 342 g/mol. The lowest BCUT2D eigenvalue weighted by molar-refractivity contribution is -0.0172. The van der Waals surface area contributed by atoms with E-state index in [1.54, 1.807) is 11.9 Å². The van der Waals surface area contributed by atoms with E-state index in [0.29, 0.717) is 25.6 Å². The van der Waals surface area contributed by atoms with Crippen LogP contribution >= 0.6 is 0 Å². The molecular formula is C18H26F2N4O2. The van der Waals surface area contributed by atoms with Gasteiger partial charge < -0.3 is 14.5 Å². The molecule has 1 amide bonds. The van der Waals surface area contributed by atoms with Gasteiger partial charge in [-0.3, -0.25) is 9.48 Å².